The van der Waals surface area contributed by atoms with E-state index in [1.165, 1.54) is 17.2 Å². The van der Waals surface area contributed by atoms with Gasteiger partial charge in [-0.25, -0.2) is 0 Å². The van der Waals surface area contributed by atoms with Crippen LogP contribution in [0.4, 0.5) is 0 Å². The average molecular weight is 141 g/mol. The van der Waals surface area contributed by atoms with Crippen molar-refractivity contribution in [2.75, 3.05) is 0 Å². The van der Waals surface area contributed by atoms with Gasteiger partial charge in [-0.3, -0.25) is 0 Å². The molecule has 2 heteroatoms. The van der Waals surface area contributed by atoms with Crippen LogP contribution in [0.2, 0.25) is 0 Å². The fraction of sp³-hybridized carbons (Fsp3) is 0.571. The molecule has 0 N–H and O–H groups in total. The maximum absolute atomic E-state index is 4.20. The van der Waals surface area contributed by atoms with E-state index in [9.17, 15) is 0 Å². The number of hydrogen-bond donors (Lipinski definition) is 0. The SMILES string of the molecule is CC(C)Cc1ccsn1. The first-order valence-electron chi connectivity index (χ1n) is 3.18. The van der Waals surface area contributed by atoms with Gasteiger partial charge in [-0.1, -0.05) is 13.8 Å². The average Bonchev–Trinajstić information content (AvgIpc) is 2.15. The highest BCUT2D eigenvalue weighted by Crippen LogP contribution is 2.06. The minimum absolute atomic E-state index is 0.729. The molecule has 0 aliphatic rings. The van der Waals surface area contributed by atoms with E-state index in [0.717, 1.165) is 12.3 Å². The van der Waals surface area contributed by atoms with Crippen molar-refractivity contribution in [2.24, 2.45) is 5.92 Å². The molecule has 1 aromatic rings. The van der Waals surface area contributed by atoms with Crippen LogP contribution in [0, 0.1) is 5.92 Å². The van der Waals surface area contributed by atoms with Crippen molar-refractivity contribution in [3.63, 3.8) is 0 Å². The Morgan fingerprint density at radius 2 is 2.44 bits per heavy atom. The van der Waals surface area contributed by atoms with Crippen LogP contribution in [0.3, 0.4) is 0 Å². The van der Waals surface area contributed by atoms with E-state index in [-0.39, 0.29) is 0 Å². The fourth-order valence-electron chi connectivity index (χ4n) is 0.761. The number of rotatable bonds is 2. The zero-order valence-corrected chi connectivity index (χ0v) is 6.61. The molecule has 1 nitrogen and oxygen atoms in total. The summed E-state index contributed by atoms with van der Waals surface area (Å²) in [6, 6.07) is 2.09. The molecule has 0 aliphatic heterocycles. The highest BCUT2D eigenvalue weighted by molar-refractivity contribution is 7.03. The first kappa shape index (κ1) is 6.75. The molecule has 0 spiro atoms. The van der Waals surface area contributed by atoms with Gasteiger partial charge in [0.25, 0.3) is 0 Å². The van der Waals surface area contributed by atoms with Crippen LogP contribution in [0.1, 0.15) is 19.5 Å². The molecule has 0 atom stereocenters. The summed E-state index contributed by atoms with van der Waals surface area (Å²) in [5.41, 5.74) is 1.23. The highest BCUT2D eigenvalue weighted by atomic mass is 32.1. The second kappa shape index (κ2) is 2.97. The standard InChI is InChI=1S/C7H11NS/c1-6(2)5-7-3-4-9-8-7/h3-4,6H,5H2,1-2H3. The normalized spacial score (nSPS) is 10.6. The summed E-state index contributed by atoms with van der Waals surface area (Å²) in [4.78, 5) is 0. The van der Waals surface area contributed by atoms with Crippen LogP contribution >= 0.6 is 11.5 Å². The Kier molecular flexibility index (Phi) is 2.22. The van der Waals surface area contributed by atoms with Crippen LogP contribution in [0.5, 0.6) is 0 Å². The van der Waals surface area contributed by atoms with Gasteiger partial charge >= 0.3 is 0 Å². The lowest BCUT2D eigenvalue weighted by Gasteiger charge is -1.97. The molecule has 0 radical (unpaired) electrons. The maximum atomic E-state index is 4.20. The maximum Gasteiger partial charge on any atom is 0.0544 e. The Labute approximate surface area is 59.9 Å². The first-order chi connectivity index (χ1) is 4.29. The van der Waals surface area contributed by atoms with Crippen LogP contribution in [-0.4, -0.2) is 4.37 Å². The number of hydrogen-bond acceptors (Lipinski definition) is 2. The summed E-state index contributed by atoms with van der Waals surface area (Å²) < 4.78 is 4.20. The van der Waals surface area contributed by atoms with E-state index in [2.05, 4.69) is 24.3 Å². The Morgan fingerprint density at radius 1 is 1.67 bits per heavy atom. The highest BCUT2D eigenvalue weighted by Gasteiger charge is 1.97. The van der Waals surface area contributed by atoms with Gasteiger partial charge in [-0.2, -0.15) is 4.37 Å². The van der Waals surface area contributed by atoms with Gasteiger partial charge in [-0.15, -0.1) is 0 Å². The van der Waals surface area contributed by atoms with Crippen LogP contribution in [0.15, 0.2) is 11.4 Å². The quantitative estimate of drug-likeness (QED) is 0.616. The first-order valence-corrected chi connectivity index (χ1v) is 4.02. The van der Waals surface area contributed by atoms with E-state index in [1.807, 2.05) is 5.38 Å². The van der Waals surface area contributed by atoms with Crippen LogP contribution < -0.4 is 0 Å². The van der Waals surface area contributed by atoms with Crippen molar-refractivity contribution in [2.45, 2.75) is 20.3 Å². The third kappa shape index (κ3) is 2.14. The van der Waals surface area contributed by atoms with Crippen LogP contribution in [-0.2, 0) is 6.42 Å². The lowest BCUT2D eigenvalue weighted by atomic mass is 10.1. The zero-order valence-electron chi connectivity index (χ0n) is 5.79. The molecule has 0 fully saturated rings. The topological polar surface area (TPSA) is 12.9 Å². The van der Waals surface area contributed by atoms with E-state index < -0.39 is 0 Å². The van der Waals surface area contributed by atoms with Crippen LogP contribution in [0.25, 0.3) is 0 Å². The van der Waals surface area contributed by atoms with Crippen molar-refractivity contribution < 1.29 is 0 Å². The molecule has 0 bridgehead atoms. The second-order valence-corrected chi connectivity index (χ2v) is 3.25. The Morgan fingerprint density at radius 3 is 2.89 bits per heavy atom. The lowest BCUT2D eigenvalue weighted by molar-refractivity contribution is 0.639. The molecule has 0 aliphatic carbocycles. The Hall–Kier alpha value is -0.370. The largest absolute Gasteiger partial charge is 0.198 e. The molecule has 0 amide bonds. The molecule has 0 aromatic carbocycles. The Bertz CT molecular complexity index is 155. The van der Waals surface area contributed by atoms with E-state index in [1.54, 1.807) is 0 Å². The zero-order chi connectivity index (χ0) is 6.69. The van der Waals surface area contributed by atoms with Gasteiger partial charge in [0.05, 0.1) is 5.69 Å². The Balaban J connectivity index is 2.48. The predicted octanol–water partition coefficient (Wildman–Crippen LogP) is 2.34. The summed E-state index contributed by atoms with van der Waals surface area (Å²) in [7, 11) is 0. The summed E-state index contributed by atoms with van der Waals surface area (Å²) in [5, 5.41) is 2.03. The van der Waals surface area contributed by atoms with E-state index in [4.69, 9.17) is 0 Å². The molecule has 0 saturated heterocycles. The van der Waals surface area contributed by atoms with Crippen molar-refractivity contribution >= 4 is 11.5 Å². The molecule has 9 heavy (non-hydrogen) atoms. The molecule has 1 heterocycles. The molecular weight excluding hydrogens is 130 g/mol. The van der Waals surface area contributed by atoms with E-state index in [0.29, 0.717) is 0 Å². The summed E-state index contributed by atoms with van der Waals surface area (Å²) >= 11 is 1.53. The van der Waals surface area contributed by atoms with Gasteiger partial charge < -0.3 is 0 Å². The lowest BCUT2D eigenvalue weighted by Crippen LogP contribution is -1.92. The van der Waals surface area contributed by atoms with Gasteiger partial charge in [0.15, 0.2) is 0 Å². The third-order valence-corrected chi connectivity index (χ3v) is 1.71. The number of nitrogens with zero attached hydrogens (tertiary/aromatic N) is 1. The molecule has 1 aromatic heterocycles. The van der Waals surface area contributed by atoms with Crippen molar-refractivity contribution in [1.82, 2.24) is 4.37 Å². The monoisotopic (exact) mass is 141 g/mol. The fourth-order valence-corrected chi connectivity index (χ4v) is 1.31. The van der Waals surface area contributed by atoms with E-state index >= 15 is 0 Å². The second-order valence-electron chi connectivity index (χ2n) is 2.59. The van der Waals surface area contributed by atoms with Crippen molar-refractivity contribution in [3.05, 3.63) is 17.1 Å². The molecular formula is C7H11NS. The molecule has 0 unspecified atom stereocenters. The van der Waals surface area contributed by atoms with Gasteiger partial charge in [-0.05, 0) is 29.9 Å². The summed E-state index contributed by atoms with van der Waals surface area (Å²) in [6.45, 7) is 4.42. The van der Waals surface area contributed by atoms with Crippen molar-refractivity contribution in [3.8, 4) is 0 Å². The molecule has 50 valence electrons. The van der Waals surface area contributed by atoms with Crippen molar-refractivity contribution in [1.29, 1.82) is 0 Å². The molecule has 1 rings (SSSR count). The number of aromatic nitrogens is 1. The minimum atomic E-state index is 0.729. The third-order valence-electron chi connectivity index (χ3n) is 1.11. The van der Waals surface area contributed by atoms with Gasteiger partial charge in [0.2, 0.25) is 0 Å². The minimum Gasteiger partial charge on any atom is -0.198 e. The molecule has 0 saturated carbocycles. The van der Waals surface area contributed by atoms with Gasteiger partial charge in [0.1, 0.15) is 0 Å². The smallest absolute Gasteiger partial charge is 0.0544 e. The van der Waals surface area contributed by atoms with Gasteiger partial charge in [0, 0.05) is 5.38 Å². The predicted molar refractivity (Wildman–Crippen MR) is 40.7 cm³/mol. The summed E-state index contributed by atoms with van der Waals surface area (Å²) in [5.74, 6) is 0.729. The summed E-state index contributed by atoms with van der Waals surface area (Å²) in [6.07, 6.45) is 1.11.